The summed E-state index contributed by atoms with van der Waals surface area (Å²) in [5.41, 5.74) is 2.12. The van der Waals surface area contributed by atoms with Gasteiger partial charge in [-0.3, -0.25) is 18.6 Å². The van der Waals surface area contributed by atoms with Crippen LogP contribution in [0.1, 0.15) is 13.8 Å². The molecule has 134 valence electrons. The standard InChI is InChI=1S/C18H16O7P/c1-4-26(21,24-17-9-5-15(6-10-17)22-13(2)19)25-18-11-7-16(8-12-18)23-14(3)20/h1,5-12,21H,2-3H3/q+1. The van der Waals surface area contributed by atoms with Crippen LogP contribution in [-0.4, -0.2) is 16.8 Å². The molecule has 0 atom stereocenters. The molecule has 0 spiro atoms. The minimum Gasteiger partial charge on any atom is -0.427 e. The lowest BCUT2D eigenvalue weighted by atomic mass is 10.3. The first-order chi connectivity index (χ1) is 12.3. The third-order valence-corrected chi connectivity index (χ3v) is 4.03. The molecule has 0 aliphatic carbocycles. The van der Waals surface area contributed by atoms with Crippen molar-refractivity contribution >= 4 is 19.9 Å². The van der Waals surface area contributed by atoms with Gasteiger partial charge in [0.05, 0.1) is 0 Å². The zero-order valence-electron chi connectivity index (χ0n) is 14.0. The van der Waals surface area contributed by atoms with Crippen LogP contribution in [0.4, 0.5) is 0 Å². The van der Waals surface area contributed by atoms with E-state index < -0.39 is 19.9 Å². The molecule has 7 nitrogen and oxygen atoms in total. The Morgan fingerprint density at radius 1 is 0.808 bits per heavy atom. The van der Waals surface area contributed by atoms with Gasteiger partial charge in [0.1, 0.15) is 11.5 Å². The Bertz CT molecular complexity index is 761. The SMILES string of the molecule is C#C[P+](O)(Oc1ccc(OC(C)=O)cc1)Oc1ccc(OC(C)=O)cc1. The predicted molar refractivity (Wildman–Crippen MR) is 94.7 cm³/mol. The van der Waals surface area contributed by atoms with Crippen LogP contribution in [0.2, 0.25) is 0 Å². The second-order valence-corrected chi connectivity index (χ2v) is 6.63. The highest BCUT2D eigenvalue weighted by Gasteiger charge is 2.43. The zero-order chi connectivity index (χ0) is 19.2. The fourth-order valence-electron chi connectivity index (χ4n) is 1.83. The van der Waals surface area contributed by atoms with Gasteiger partial charge in [-0.2, -0.15) is 4.89 Å². The molecule has 0 heterocycles. The minimum atomic E-state index is -3.67. The summed E-state index contributed by atoms with van der Waals surface area (Å²) in [5, 5.41) is 0. The predicted octanol–water partition coefficient (Wildman–Crippen LogP) is 3.34. The van der Waals surface area contributed by atoms with Crippen molar-refractivity contribution in [2.24, 2.45) is 0 Å². The number of carbonyl (C=O) groups is 2. The normalized spacial score (nSPS) is 10.4. The number of carbonyl (C=O) groups excluding carboxylic acids is 2. The van der Waals surface area contributed by atoms with Crippen molar-refractivity contribution in [1.29, 1.82) is 0 Å². The summed E-state index contributed by atoms with van der Waals surface area (Å²) in [5.74, 6) is 0.236. The molecule has 2 rings (SSSR count). The van der Waals surface area contributed by atoms with E-state index in [9.17, 15) is 14.5 Å². The Hall–Kier alpha value is -3.07. The van der Waals surface area contributed by atoms with Gasteiger partial charge in [-0.05, 0) is 48.5 Å². The zero-order valence-corrected chi connectivity index (χ0v) is 14.9. The first-order valence-corrected chi connectivity index (χ1v) is 8.93. The van der Waals surface area contributed by atoms with Crippen LogP contribution >= 0.6 is 7.94 Å². The molecule has 0 aliphatic heterocycles. The lowest BCUT2D eigenvalue weighted by Gasteiger charge is -2.12. The van der Waals surface area contributed by atoms with Crippen LogP contribution in [0.3, 0.4) is 0 Å². The Kier molecular flexibility index (Phi) is 6.18. The molecule has 8 heteroatoms. The average molecular weight is 375 g/mol. The van der Waals surface area contributed by atoms with E-state index in [1.165, 1.54) is 62.4 Å². The van der Waals surface area contributed by atoms with E-state index in [1.54, 1.807) is 0 Å². The average Bonchev–Trinajstić information content (AvgIpc) is 2.57. The molecule has 1 N–H and O–H groups in total. The second-order valence-electron chi connectivity index (χ2n) is 4.96. The summed E-state index contributed by atoms with van der Waals surface area (Å²) in [4.78, 5) is 32.2. The number of rotatable bonds is 6. The maximum Gasteiger partial charge on any atom is 0.584 e. The van der Waals surface area contributed by atoms with Crippen molar-refractivity contribution < 1.29 is 33.0 Å². The molecular formula is C18H16O7P+. The van der Waals surface area contributed by atoms with Gasteiger partial charge in [-0.15, -0.1) is 0 Å². The summed E-state index contributed by atoms with van der Waals surface area (Å²) < 4.78 is 20.6. The molecule has 0 aliphatic rings. The summed E-state index contributed by atoms with van der Waals surface area (Å²) >= 11 is 0. The van der Waals surface area contributed by atoms with Gasteiger partial charge in [0.25, 0.3) is 0 Å². The molecule has 0 saturated heterocycles. The Balaban J connectivity index is 2.06. The van der Waals surface area contributed by atoms with Gasteiger partial charge < -0.3 is 9.47 Å². The van der Waals surface area contributed by atoms with Crippen LogP contribution in [0.25, 0.3) is 0 Å². The van der Waals surface area contributed by atoms with Crippen molar-refractivity contribution in [2.45, 2.75) is 13.8 Å². The summed E-state index contributed by atoms with van der Waals surface area (Å²) in [7, 11) is -3.67. The Morgan fingerprint density at radius 2 is 1.12 bits per heavy atom. The van der Waals surface area contributed by atoms with E-state index >= 15 is 0 Å². The smallest absolute Gasteiger partial charge is 0.427 e. The number of benzene rings is 2. The topological polar surface area (TPSA) is 91.3 Å². The molecule has 0 radical (unpaired) electrons. The number of esters is 2. The van der Waals surface area contributed by atoms with Crippen LogP contribution in [-0.2, 0) is 9.59 Å². The fraction of sp³-hybridized carbons (Fsp3) is 0.111. The van der Waals surface area contributed by atoms with Crippen molar-refractivity contribution in [3.63, 3.8) is 0 Å². The van der Waals surface area contributed by atoms with Gasteiger partial charge in [-0.25, -0.2) is 0 Å². The van der Waals surface area contributed by atoms with Crippen LogP contribution in [0.5, 0.6) is 23.0 Å². The number of hydrogen-bond acceptors (Lipinski definition) is 7. The minimum absolute atomic E-state index is 0.242. The molecule has 2 aromatic rings. The van der Waals surface area contributed by atoms with E-state index in [1.807, 2.05) is 0 Å². The summed E-state index contributed by atoms with van der Waals surface area (Å²) in [6, 6.07) is 11.9. The monoisotopic (exact) mass is 375 g/mol. The fourth-order valence-corrected chi connectivity index (χ4v) is 2.78. The molecule has 26 heavy (non-hydrogen) atoms. The number of terminal acetylenes is 1. The van der Waals surface area contributed by atoms with Crippen molar-refractivity contribution in [3.8, 4) is 35.1 Å². The van der Waals surface area contributed by atoms with E-state index in [4.69, 9.17) is 24.9 Å². The van der Waals surface area contributed by atoms with E-state index in [0.717, 1.165) is 0 Å². The molecule has 0 fully saturated rings. The van der Waals surface area contributed by atoms with Crippen LogP contribution in [0.15, 0.2) is 48.5 Å². The second kappa shape index (κ2) is 8.34. The summed E-state index contributed by atoms with van der Waals surface area (Å²) in [6.45, 7) is 2.57. The van der Waals surface area contributed by atoms with Crippen molar-refractivity contribution in [3.05, 3.63) is 48.5 Å². The quantitative estimate of drug-likeness (QED) is 0.358. The lowest BCUT2D eigenvalue weighted by Crippen LogP contribution is -2.06. The van der Waals surface area contributed by atoms with E-state index in [0.29, 0.717) is 11.5 Å². The first-order valence-electron chi connectivity index (χ1n) is 7.35. The Morgan fingerprint density at radius 3 is 1.38 bits per heavy atom. The van der Waals surface area contributed by atoms with Crippen LogP contribution in [0, 0.1) is 12.1 Å². The third kappa shape index (κ3) is 5.78. The number of hydrogen-bond donors (Lipinski definition) is 1. The molecule has 0 aromatic heterocycles. The van der Waals surface area contributed by atoms with Gasteiger partial charge in [0, 0.05) is 13.8 Å². The Labute approximate surface area is 151 Å². The highest BCUT2D eigenvalue weighted by Crippen LogP contribution is 2.55. The number of ether oxygens (including phenoxy) is 2. The molecular weight excluding hydrogens is 359 g/mol. The molecule has 0 unspecified atom stereocenters. The van der Waals surface area contributed by atoms with Gasteiger partial charge >= 0.3 is 19.9 Å². The maximum atomic E-state index is 10.9. The van der Waals surface area contributed by atoms with Gasteiger partial charge in [-0.1, -0.05) is 6.42 Å². The molecule has 2 aromatic carbocycles. The van der Waals surface area contributed by atoms with Gasteiger partial charge in [0.2, 0.25) is 0 Å². The molecule has 0 saturated carbocycles. The van der Waals surface area contributed by atoms with Crippen molar-refractivity contribution in [1.82, 2.24) is 0 Å². The van der Waals surface area contributed by atoms with Gasteiger partial charge in [0.15, 0.2) is 17.2 Å². The third-order valence-electron chi connectivity index (χ3n) is 2.79. The lowest BCUT2D eigenvalue weighted by molar-refractivity contribution is -0.132. The highest BCUT2D eigenvalue weighted by atomic mass is 31.2. The molecule has 0 bridgehead atoms. The highest BCUT2D eigenvalue weighted by molar-refractivity contribution is 7.66. The largest absolute Gasteiger partial charge is 0.584 e. The van der Waals surface area contributed by atoms with E-state index in [2.05, 4.69) is 5.66 Å². The van der Waals surface area contributed by atoms with Crippen molar-refractivity contribution in [2.75, 3.05) is 0 Å². The molecule has 0 amide bonds. The summed E-state index contributed by atoms with van der Waals surface area (Å²) in [6.07, 6.45) is 5.35. The first kappa shape index (κ1) is 19.3. The van der Waals surface area contributed by atoms with E-state index in [-0.39, 0.29) is 11.5 Å². The maximum absolute atomic E-state index is 10.9. The van der Waals surface area contributed by atoms with Crippen LogP contribution < -0.4 is 18.5 Å².